The van der Waals surface area contributed by atoms with Crippen LogP contribution in [0.15, 0.2) is 75.0 Å². The Bertz CT molecular complexity index is 1280. The van der Waals surface area contributed by atoms with Crippen molar-refractivity contribution in [3.8, 4) is 0 Å². The monoisotopic (exact) mass is 508 g/mol. The molecule has 2 aromatic heterocycles. The van der Waals surface area contributed by atoms with Gasteiger partial charge in [0.1, 0.15) is 5.69 Å². The molecule has 0 saturated heterocycles. The van der Waals surface area contributed by atoms with E-state index in [2.05, 4.69) is 41.9 Å². The molecule has 2 aromatic carbocycles. The molecule has 27 heavy (non-hydrogen) atoms. The average Bonchev–Trinajstić information content (AvgIpc) is 3.22. The van der Waals surface area contributed by atoms with Gasteiger partial charge < -0.3 is 0 Å². The van der Waals surface area contributed by atoms with E-state index in [0.717, 1.165) is 8.65 Å². The highest BCUT2D eigenvalue weighted by Crippen LogP contribution is 2.27. The molecule has 0 N–H and O–H groups in total. The zero-order chi connectivity index (χ0) is 19.2. The first-order valence-electron chi connectivity index (χ1n) is 7.63. The van der Waals surface area contributed by atoms with Gasteiger partial charge in [0.15, 0.2) is 0 Å². The number of para-hydroxylation sites is 1. The first-order valence-corrected chi connectivity index (χ1v) is 10.7. The summed E-state index contributed by atoms with van der Waals surface area (Å²) in [5.74, 6) is -0.629. The molecule has 0 fully saturated rings. The Kier molecular flexibility index (Phi) is 4.49. The number of hydrogen-bond donors (Lipinski definition) is 0. The summed E-state index contributed by atoms with van der Waals surface area (Å²) in [6.07, 6.45) is 0. The third kappa shape index (κ3) is 3.03. The van der Waals surface area contributed by atoms with E-state index >= 15 is 0 Å². The van der Waals surface area contributed by atoms with Crippen molar-refractivity contribution in [2.45, 2.75) is 4.90 Å². The molecule has 10 heteroatoms. The molecule has 0 amide bonds. The van der Waals surface area contributed by atoms with Gasteiger partial charge in [0.05, 0.1) is 10.4 Å². The molecule has 0 aliphatic heterocycles. The fraction of sp³-hybridized carbons (Fsp3) is 0. The number of hydrogen-bond acceptors (Lipinski definition) is 5. The van der Waals surface area contributed by atoms with Gasteiger partial charge in [-0.25, -0.2) is 12.4 Å². The number of nitrogens with zero attached hydrogens (tertiary/aromatic N) is 4. The van der Waals surface area contributed by atoms with Gasteiger partial charge in [-0.3, -0.25) is 4.79 Å². The Hall–Kier alpha value is -2.30. The van der Waals surface area contributed by atoms with Gasteiger partial charge in [0.2, 0.25) is 9.47 Å². The fourth-order valence-electron chi connectivity index (χ4n) is 2.74. The van der Waals surface area contributed by atoms with Crippen molar-refractivity contribution in [3.05, 3.63) is 75.8 Å². The minimum Gasteiger partial charge on any atom is -0.265 e. The van der Waals surface area contributed by atoms with Gasteiger partial charge in [0, 0.05) is 5.39 Å². The quantitative estimate of drug-likeness (QED) is 0.420. The first kappa shape index (κ1) is 18.1. The van der Waals surface area contributed by atoms with Crippen LogP contribution >= 0.6 is 31.9 Å². The third-order valence-electron chi connectivity index (χ3n) is 3.90. The third-order valence-corrected chi connectivity index (χ3v) is 6.49. The van der Waals surface area contributed by atoms with Gasteiger partial charge in [0.25, 0.3) is 15.9 Å². The average molecular weight is 510 g/mol. The zero-order valence-electron chi connectivity index (χ0n) is 13.5. The second-order valence-electron chi connectivity index (χ2n) is 5.54. The lowest BCUT2D eigenvalue weighted by Crippen LogP contribution is -2.23. The lowest BCUT2D eigenvalue weighted by atomic mass is 10.2. The Labute approximate surface area is 170 Å². The van der Waals surface area contributed by atoms with Gasteiger partial charge in [-0.2, -0.15) is 9.67 Å². The maximum absolute atomic E-state index is 13.3. The number of carbonyl (C=O) groups is 1. The van der Waals surface area contributed by atoms with E-state index in [1.54, 1.807) is 42.5 Å². The molecule has 4 rings (SSSR count). The highest BCUT2D eigenvalue weighted by molar-refractivity contribution is 9.11. The number of fused-ring (bicyclic) bond motifs is 1. The van der Waals surface area contributed by atoms with Crippen molar-refractivity contribution in [2.75, 3.05) is 0 Å². The second-order valence-corrected chi connectivity index (χ2v) is 8.74. The molecule has 0 unspecified atom stereocenters. The summed E-state index contributed by atoms with van der Waals surface area (Å²) in [7, 11) is -4.00. The van der Waals surface area contributed by atoms with E-state index in [0.29, 0.717) is 10.9 Å². The molecule has 4 aromatic rings. The molecule has 0 atom stereocenters. The van der Waals surface area contributed by atoms with Gasteiger partial charge >= 0.3 is 0 Å². The predicted octanol–water partition coefficient (Wildman–Crippen LogP) is 3.68. The summed E-state index contributed by atoms with van der Waals surface area (Å²) in [4.78, 5) is 17.1. The molecule has 0 aliphatic rings. The second kappa shape index (κ2) is 6.70. The number of benzene rings is 2. The van der Waals surface area contributed by atoms with E-state index in [4.69, 9.17) is 0 Å². The van der Waals surface area contributed by atoms with Crippen LogP contribution in [0.4, 0.5) is 0 Å². The van der Waals surface area contributed by atoms with Crippen LogP contribution in [0.5, 0.6) is 0 Å². The lowest BCUT2D eigenvalue weighted by molar-refractivity contribution is 0.0936. The largest absolute Gasteiger partial charge is 0.298 e. The molecule has 2 heterocycles. The van der Waals surface area contributed by atoms with E-state index < -0.39 is 15.9 Å². The predicted molar refractivity (Wildman–Crippen MR) is 106 cm³/mol. The summed E-state index contributed by atoms with van der Waals surface area (Å²) < 4.78 is 29.0. The van der Waals surface area contributed by atoms with Gasteiger partial charge in [-0.15, -0.1) is 5.10 Å². The van der Waals surface area contributed by atoms with E-state index in [1.165, 1.54) is 18.2 Å². The summed E-state index contributed by atoms with van der Waals surface area (Å²) in [5, 5.41) is 4.59. The van der Waals surface area contributed by atoms with Crippen LogP contribution < -0.4 is 0 Å². The Morgan fingerprint density at radius 3 is 2.30 bits per heavy atom. The van der Waals surface area contributed by atoms with E-state index in [-0.39, 0.29) is 20.1 Å². The minimum atomic E-state index is -4.00. The molecule has 136 valence electrons. The highest BCUT2D eigenvalue weighted by atomic mass is 79.9. The first-order chi connectivity index (χ1) is 12.9. The molecule has 0 bridgehead atoms. The SMILES string of the molecule is O=C(c1cc2ccccc2n1S(=O)(=O)c1ccccc1)n1nc(Br)nc1Br. The van der Waals surface area contributed by atoms with Crippen LogP contribution in [0.1, 0.15) is 10.5 Å². The van der Waals surface area contributed by atoms with E-state index in [1.807, 2.05) is 0 Å². The molecule has 0 spiro atoms. The maximum atomic E-state index is 13.3. The Morgan fingerprint density at radius 2 is 1.63 bits per heavy atom. The lowest BCUT2D eigenvalue weighted by Gasteiger charge is -2.11. The van der Waals surface area contributed by atoms with Gasteiger partial charge in [-0.05, 0) is 56.1 Å². The molecule has 0 aliphatic carbocycles. The summed E-state index contributed by atoms with van der Waals surface area (Å²) in [6.45, 7) is 0. The van der Waals surface area contributed by atoms with Gasteiger partial charge in [-0.1, -0.05) is 36.4 Å². The number of rotatable bonds is 3. The van der Waals surface area contributed by atoms with Crippen molar-refractivity contribution in [2.24, 2.45) is 0 Å². The number of carbonyl (C=O) groups excluding carboxylic acids is 1. The molecule has 0 saturated carbocycles. The highest BCUT2D eigenvalue weighted by Gasteiger charge is 2.28. The van der Waals surface area contributed by atoms with Crippen molar-refractivity contribution < 1.29 is 13.2 Å². The zero-order valence-corrected chi connectivity index (χ0v) is 17.4. The number of halogens is 2. The number of aromatic nitrogens is 4. The molecular weight excluding hydrogens is 500 g/mol. The fourth-order valence-corrected chi connectivity index (χ4v) is 5.24. The van der Waals surface area contributed by atoms with Crippen LogP contribution in [-0.4, -0.2) is 33.1 Å². The maximum Gasteiger partial charge on any atom is 0.298 e. The van der Waals surface area contributed by atoms with Crippen LogP contribution in [0.2, 0.25) is 0 Å². The van der Waals surface area contributed by atoms with E-state index in [9.17, 15) is 13.2 Å². The smallest absolute Gasteiger partial charge is 0.265 e. The Balaban J connectivity index is 2.02. The molecular formula is C17H10Br2N4O3S. The van der Waals surface area contributed by atoms with Crippen molar-refractivity contribution in [3.63, 3.8) is 0 Å². The standard InChI is InChI=1S/C17H10Br2N4O3S/c18-16-20-17(19)22(21-16)15(24)14-10-11-6-4-5-9-13(11)23(14)27(25,26)12-7-2-1-3-8-12/h1-10H. The van der Waals surface area contributed by atoms with Crippen molar-refractivity contribution in [1.29, 1.82) is 0 Å². The van der Waals surface area contributed by atoms with Crippen LogP contribution in [0, 0.1) is 0 Å². The van der Waals surface area contributed by atoms with Crippen LogP contribution in [0.25, 0.3) is 10.9 Å². The minimum absolute atomic E-state index is 0.0434. The normalized spacial score (nSPS) is 11.8. The summed E-state index contributed by atoms with van der Waals surface area (Å²) in [6, 6.07) is 16.4. The van der Waals surface area contributed by atoms with Crippen LogP contribution in [-0.2, 0) is 10.0 Å². The van der Waals surface area contributed by atoms with Crippen LogP contribution in [0.3, 0.4) is 0 Å². The molecule has 0 radical (unpaired) electrons. The Morgan fingerprint density at radius 1 is 0.963 bits per heavy atom. The summed E-state index contributed by atoms with van der Waals surface area (Å²) >= 11 is 6.26. The van der Waals surface area contributed by atoms with Crippen molar-refractivity contribution in [1.82, 2.24) is 18.7 Å². The van der Waals surface area contributed by atoms with Crippen molar-refractivity contribution >= 4 is 58.7 Å². The topological polar surface area (TPSA) is 86.9 Å². The molecule has 7 nitrogen and oxygen atoms in total. The summed E-state index contributed by atoms with van der Waals surface area (Å²) in [5.41, 5.74) is 0.359.